The molecule has 0 spiro atoms. The highest BCUT2D eigenvalue weighted by molar-refractivity contribution is 6.30. The third-order valence-electron chi connectivity index (χ3n) is 6.11. The third-order valence-corrected chi connectivity index (χ3v) is 6.33. The van der Waals surface area contributed by atoms with Crippen molar-refractivity contribution in [3.63, 3.8) is 0 Å². The summed E-state index contributed by atoms with van der Waals surface area (Å²) in [6.45, 7) is 9.08. The van der Waals surface area contributed by atoms with E-state index in [2.05, 4.69) is 9.88 Å². The number of nitrogens with zero attached hydrogens (tertiary/aromatic N) is 5. The smallest absolute Gasteiger partial charge is 0.227 e. The quantitative estimate of drug-likeness (QED) is 0.746. The molecule has 2 aliphatic heterocycles. The van der Waals surface area contributed by atoms with Gasteiger partial charge in [0.1, 0.15) is 5.65 Å². The Morgan fingerprint density at radius 1 is 1.10 bits per heavy atom. The first kappa shape index (κ1) is 21.1. The minimum absolute atomic E-state index is 0.0157. The van der Waals surface area contributed by atoms with Gasteiger partial charge in [-0.2, -0.15) is 0 Å². The van der Waals surface area contributed by atoms with Crippen LogP contribution >= 0.6 is 11.6 Å². The molecule has 4 rings (SSSR count). The van der Waals surface area contributed by atoms with E-state index in [1.54, 1.807) is 0 Å². The summed E-state index contributed by atoms with van der Waals surface area (Å²) in [4.78, 5) is 36.2. The Balaban J connectivity index is 1.30. The Kier molecular flexibility index (Phi) is 6.29. The summed E-state index contributed by atoms with van der Waals surface area (Å²) in [5.74, 6) is 0.290. The number of amides is 2. The lowest BCUT2D eigenvalue weighted by atomic mass is 9.95. The molecule has 0 aromatic carbocycles. The van der Waals surface area contributed by atoms with E-state index < -0.39 is 0 Å². The average molecular weight is 432 g/mol. The van der Waals surface area contributed by atoms with E-state index in [0.29, 0.717) is 11.6 Å². The number of rotatable bonds is 4. The molecule has 0 saturated carbocycles. The topological polar surface area (TPSA) is 61.2 Å². The fourth-order valence-corrected chi connectivity index (χ4v) is 4.62. The largest absolute Gasteiger partial charge is 0.342 e. The second-order valence-electron chi connectivity index (χ2n) is 8.72. The van der Waals surface area contributed by atoms with Crippen LogP contribution in [0.5, 0.6) is 0 Å². The molecule has 2 saturated heterocycles. The third kappa shape index (κ3) is 4.62. The standard InChI is InChI=1S/C22H30ClN5O2/c1-16(2)21(29)27-7-3-4-17(12-27)22(30)26-10-8-25(9-11-26)14-19-15-28-13-18(23)5-6-20(28)24-19/h5-6,13,15-17H,3-4,7-12,14H2,1-2H3. The molecule has 2 aromatic rings. The van der Waals surface area contributed by atoms with Gasteiger partial charge in [0.15, 0.2) is 0 Å². The highest BCUT2D eigenvalue weighted by Crippen LogP contribution is 2.22. The molecule has 30 heavy (non-hydrogen) atoms. The molecule has 2 fully saturated rings. The molecular weight excluding hydrogens is 402 g/mol. The number of hydrogen-bond acceptors (Lipinski definition) is 4. The molecule has 0 bridgehead atoms. The lowest BCUT2D eigenvalue weighted by Crippen LogP contribution is -2.53. The van der Waals surface area contributed by atoms with Gasteiger partial charge in [-0.05, 0) is 25.0 Å². The fraction of sp³-hybridized carbons (Fsp3) is 0.591. The second kappa shape index (κ2) is 8.94. The van der Waals surface area contributed by atoms with Crippen molar-refractivity contribution in [2.75, 3.05) is 39.3 Å². The molecule has 0 aliphatic carbocycles. The average Bonchev–Trinajstić information content (AvgIpc) is 3.14. The van der Waals surface area contributed by atoms with Crippen molar-refractivity contribution in [1.82, 2.24) is 24.1 Å². The van der Waals surface area contributed by atoms with Crippen molar-refractivity contribution in [3.8, 4) is 0 Å². The Hall–Kier alpha value is -2.12. The number of piperazine rings is 1. The van der Waals surface area contributed by atoms with Gasteiger partial charge < -0.3 is 14.2 Å². The van der Waals surface area contributed by atoms with Crippen LogP contribution < -0.4 is 0 Å². The number of fused-ring (bicyclic) bond motifs is 1. The zero-order chi connectivity index (χ0) is 21.3. The van der Waals surface area contributed by atoms with E-state index in [1.807, 2.05) is 52.6 Å². The van der Waals surface area contributed by atoms with Crippen LogP contribution in [0.25, 0.3) is 5.65 Å². The maximum absolute atomic E-state index is 13.0. The summed E-state index contributed by atoms with van der Waals surface area (Å²) in [5.41, 5.74) is 1.90. The molecule has 2 amide bonds. The molecule has 162 valence electrons. The van der Waals surface area contributed by atoms with Crippen LogP contribution in [0.15, 0.2) is 24.5 Å². The number of hydrogen-bond donors (Lipinski definition) is 0. The molecular formula is C22H30ClN5O2. The summed E-state index contributed by atoms with van der Waals surface area (Å²) in [6.07, 6.45) is 5.67. The first-order chi connectivity index (χ1) is 14.4. The Morgan fingerprint density at radius 3 is 2.60 bits per heavy atom. The highest BCUT2D eigenvalue weighted by Gasteiger charge is 2.33. The van der Waals surface area contributed by atoms with Crippen LogP contribution in [-0.2, 0) is 16.1 Å². The summed E-state index contributed by atoms with van der Waals surface area (Å²) in [5, 5.41) is 0.690. The molecule has 7 nitrogen and oxygen atoms in total. The number of halogens is 1. The fourth-order valence-electron chi connectivity index (χ4n) is 4.45. The van der Waals surface area contributed by atoms with Crippen LogP contribution in [0.3, 0.4) is 0 Å². The molecule has 2 aromatic heterocycles. The van der Waals surface area contributed by atoms with E-state index in [-0.39, 0.29) is 23.7 Å². The van der Waals surface area contributed by atoms with Crippen molar-refractivity contribution in [3.05, 3.63) is 35.2 Å². The molecule has 0 radical (unpaired) electrons. The maximum atomic E-state index is 13.0. The van der Waals surface area contributed by atoms with Gasteiger partial charge in [0.25, 0.3) is 0 Å². The number of likely N-dealkylation sites (tertiary alicyclic amines) is 1. The van der Waals surface area contributed by atoms with Crippen LogP contribution in [-0.4, -0.2) is 75.2 Å². The van der Waals surface area contributed by atoms with E-state index in [4.69, 9.17) is 11.6 Å². The van der Waals surface area contributed by atoms with Gasteiger partial charge in [-0.15, -0.1) is 0 Å². The van der Waals surface area contributed by atoms with Crippen molar-refractivity contribution in [1.29, 1.82) is 0 Å². The van der Waals surface area contributed by atoms with Gasteiger partial charge in [-0.1, -0.05) is 25.4 Å². The number of aromatic nitrogens is 2. The maximum Gasteiger partial charge on any atom is 0.227 e. The lowest BCUT2D eigenvalue weighted by molar-refractivity contribution is -0.143. The van der Waals surface area contributed by atoms with Crippen molar-refractivity contribution >= 4 is 29.1 Å². The SMILES string of the molecule is CC(C)C(=O)N1CCCC(C(=O)N2CCN(Cc3cn4cc(Cl)ccc4n3)CC2)C1. The predicted molar refractivity (Wildman–Crippen MR) is 116 cm³/mol. The number of carbonyl (C=O) groups excluding carboxylic acids is 2. The van der Waals surface area contributed by atoms with E-state index in [1.165, 1.54) is 0 Å². The van der Waals surface area contributed by atoms with Gasteiger partial charge in [0.05, 0.1) is 16.6 Å². The van der Waals surface area contributed by atoms with Crippen molar-refractivity contribution in [2.24, 2.45) is 11.8 Å². The first-order valence-electron chi connectivity index (χ1n) is 10.8. The zero-order valence-corrected chi connectivity index (χ0v) is 18.5. The van der Waals surface area contributed by atoms with Gasteiger partial charge >= 0.3 is 0 Å². The number of pyridine rings is 1. The molecule has 8 heteroatoms. The van der Waals surface area contributed by atoms with Gasteiger partial charge in [0.2, 0.25) is 11.8 Å². The summed E-state index contributed by atoms with van der Waals surface area (Å²) >= 11 is 6.05. The first-order valence-corrected chi connectivity index (χ1v) is 11.2. The van der Waals surface area contributed by atoms with E-state index in [0.717, 1.165) is 63.5 Å². The highest BCUT2D eigenvalue weighted by atomic mass is 35.5. The molecule has 4 heterocycles. The van der Waals surface area contributed by atoms with Crippen LogP contribution in [0.4, 0.5) is 0 Å². The Morgan fingerprint density at radius 2 is 1.87 bits per heavy atom. The van der Waals surface area contributed by atoms with Gasteiger partial charge in [-0.3, -0.25) is 14.5 Å². The molecule has 1 unspecified atom stereocenters. The Labute approximate surface area is 182 Å². The van der Waals surface area contributed by atoms with Crippen LogP contribution in [0.2, 0.25) is 5.02 Å². The number of imidazole rings is 1. The summed E-state index contributed by atoms with van der Waals surface area (Å²) in [6, 6.07) is 3.76. The van der Waals surface area contributed by atoms with Gasteiger partial charge in [-0.25, -0.2) is 4.98 Å². The van der Waals surface area contributed by atoms with Crippen LogP contribution in [0, 0.1) is 11.8 Å². The molecule has 0 N–H and O–H groups in total. The normalized spacial score (nSPS) is 20.9. The zero-order valence-electron chi connectivity index (χ0n) is 17.8. The Bertz CT molecular complexity index is 919. The van der Waals surface area contributed by atoms with Crippen LogP contribution in [0.1, 0.15) is 32.4 Å². The monoisotopic (exact) mass is 431 g/mol. The lowest BCUT2D eigenvalue weighted by Gasteiger charge is -2.39. The van der Waals surface area contributed by atoms with Gasteiger partial charge in [0, 0.05) is 64.1 Å². The molecule has 1 atom stereocenters. The number of piperidine rings is 1. The predicted octanol–water partition coefficient (Wildman–Crippen LogP) is 2.53. The van der Waals surface area contributed by atoms with E-state index in [9.17, 15) is 9.59 Å². The van der Waals surface area contributed by atoms with Crippen molar-refractivity contribution < 1.29 is 9.59 Å². The minimum atomic E-state index is -0.0591. The summed E-state index contributed by atoms with van der Waals surface area (Å²) in [7, 11) is 0. The van der Waals surface area contributed by atoms with E-state index >= 15 is 0 Å². The summed E-state index contributed by atoms with van der Waals surface area (Å²) < 4.78 is 1.95. The van der Waals surface area contributed by atoms with Crippen molar-refractivity contribution in [2.45, 2.75) is 33.2 Å². The molecule has 2 aliphatic rings. The minimum Gasteiger partial charge on any atom is -0.342 e. The second-order valence-corrected chi connectivity index (χ2v) is 9.16. The number of carbonyl (C=O) groups is 2.